The van der Waals surface area contributed by atoms with Gasteiger partial charge in [-0.05, 0) is 30.2 Å². The van der Waals surface area contributed by atoms with Gasteiger partial charge in [0.2, 0.25) is 0 Å². The summed E-state index contributed by atoms with van der Waals surface area (Å²) in [7, 11) is 0. The Labute approximate surface area is 120 Å². The van der Waals surface area contributed by atoms with Crippen molar-refractivity contribution >= 4 is 21.9 Å². The van der Waals surface area contributed by atoms with Crippen LogP contribution in [-0.2, 0) is 6.61 Å². The van der Waals surface area contributed by atoms with Gasteiger partial charge in [0.15, 0.2) is 0 Å². The van der Waals surface area contributed by atoms with Crippen molar-refractivity contribution in [2.45, 2.75) is 13.5 Å². The molecular weight excluding hydrogens is 308 g/mol. The van der Waals surface area contributed by atoms with Crippen LogP contribution in [0.1, 0.15) is 21.5 Å². The Balaban J connectivity index is 2.27. The van der Waals surface area contributed by atoms with Crippen LogP contribution in [0.15, 0.2) is 46.9 Å². The molecule has 0 spiro atoms. The molecule has 0 radical (unpaired) electrons. The molecule has 0 heterocycles. The highest BCUT2D eigenvalue weighted by Crippen LogP contribution is 2.28. The summed E-state index contributed by atoms with van der Waals surface area (Å²) in [5, 5.41) is 9.24. The van der Waals surface area contributed by atoms with Gasteiger partial charge in [0.25, 0.3) is 0 Å². The maximum atomic E-state index is 11.3. The van der Waals surface area contributed by atoms with Crippen molar-refractivity contribution < 1.29 is 14.6 Å². The number of carbonyl (C=O) groups is 1. The molecule has 0 bridgehead atoms. The summed E-state index contributed by atoms with van der Waals surface area (Å²) in [6, 6.07) is 13.1. The molecule has 2 aromatic rings. The van der Waals surface area contributed by atoms with Crippen LogP contribution in [0.3, 0.4) is 0 Å². The summed E-state index contributed by atoms with van der Waals surface area (Å²) in [6.45, 7) is 2.10. The largest absolute Gasteiger partial charge is 0.488 e. The monoisotopic (exact) mass is 320 g/mol. The van der Waals surface area contributed by atoms with Gasteiger partial charge >= 0.3 is 5.97 Å². The highest BCUT2D eigenvalue weighted by atomic mass is 79.9. The number of ether oxygens (including phenoxy) is 1. The van der Waals surface area contributed by atoms with Crippen LogP contribution in [-0.4, -0.2) is 11.1 Å². The zero-order chi connectivity index (χ0) is 13.8. The third-order valence-corrected chi connectivity index (χ3v) is 3.17. The average Bonchev–Trinajstić information content (AvgIpc) is 2.36. The van der Waals surface area contributed by atoms with Gasteiger partial charge < -0.3 is 9.84 Å². The predicted molar refractivity (Wildman–Crippen MR) is 76.6 cm³/mol. The van der Waals surface area contributed by atoms with Crippen molar-refractivity contribution in [2.24, 2.45) is 0 Å². The molecule has 98 valence electrons. The maximum absolute atomic E-state index is 11.3. The smallest absolute Gasteiger partial charge is 0.339 e. The molecule has 3 nitrogen and oxygen atoms in total. The van der Waals surface area contributed by atoms with Crippen molar-refractivity contribution in [2.75, 3.05) is 0 Å². The maximum Gasteiger partial charge on any atom is 0.339 e. The van der Waals surface area contributed by atoms with E-state index < -0.39 is 5.97 Å². The number of carboxylic acid groups (broad SMARTS) is 1. The molecule has 0 saturated carbocycles. The quantitative estimate of drug-likeness (QED) is 0.924. The van der Waals surface area contributed by atoms with Crippen molar-refractivity contribution in [3.05, 3.63) is 63.6 Å². The van der Waals surface area contributed by atoms with Crippen molar-refractivity contribution in [3.8, 4) is 5.75 Å². The van der Waals surface area contributed by atoms with Crippen molar-refractivity contribution in [1.82, 2.24) is 0 Å². The zero-order valence-corrected chi connectivity index (χ0v) is 12.0. The Kier molecular flexibility index (Phi) is 4.22. The van der Waals surface area contributed by atoms with E-state index in [4.69, 9.17) is 4.74 Å². The van der Waals surface area contributed by atoms with E-state index in [0.717, 1.165) is 10.0 Å². The molecule has 2 rings (SSSR count). The van der Waals surface area contributed by atoms with Crippen LogP contribution in [0.2, 0.25) is 0 Å². The molecule has 0 aliphatic heterocycles. The molecule has 2 aromatic carbocycles. The van der Waals surface area contributed by atoms with E-state index in [1.165, 1.54) is 0 Å². The Morgan fingerprint density at radius 1 is 1.26 bits per heavy atom. The first-order chi connectivity index (χ1) is 9.08. The summed E-state index contributed by atoms with van der Waals surface area (Å²) in [5.74, 6) is -0.601. The standard InChI is InChI=1S/C15H13BrO3/c1-10-7-12(16)8-13(14(10)15(17)18)19-9-11-5-3-2-4-6-11/h2-8H,9H2,1H3,(H,17,18). The van der Waals surface area contributed by atoms with Gasteiger partial charge in [0, 0.05) is 4.47 Å². The fraction of sp³-hybridized carbons (Fsp3) is 0.133. The molecule has 19 heavy (non-hydrogen) atoms. The number of hydrogen-bond acceptors (Lipinski definition) is 2. The second-order valence-electron chi connectivity index (χ2n) is 4.18. The van der Waals surface area contributed by atoms with Gasteiger partial charge in [-0.1, -0.05) is 46.3 Å². The first-order valence-electron chi connectivity index (χ1n) is 5.78. The summed E-state index contributed by atoms with van der Waals surface area (Å²) >= 11 is 3.35. The summed E-state index contributed by atoms with van der Waals surface area (Å²) in [6.07, 6.45) is 0. The molecule has 0 aromatic heterocycles. The van der Waals surface area contributed by atoms with E-state index in [1.807, 2.05) is 30.3 Å². The molecule has 0 atom stereocenters. The van der Waals surface area contributed by atoms with Gasteiger partial charge in [-0.15, -0.1) is 0 Å². The summed E-state index contributed by atoms with van der Waals surface area (Å²) in [5.41, 5.74) is 1.88. The van der Waals surface area contributed by atoms with Crippen LogP contribution >= 0.6 is 15.9 Å². The lowest BCUT2D eigenvalue weighted by Crippen LogP contribution is -2.05. The third kappa shape index (κ3) is 3.35. The normalized spacial score (nSPS) is 10.2. The first-order valence-corrected chi connectivity index (χ1v) is 6.57. The second-order valence-corrected chi connectivity index (χ2v) is 5.09. The Morgan fingerprint density at radius 2 is 1.95 bits per heavy atom. The highest BCUT2D eigenvalue weighted by molar-refractivity contribution is 9.10. The molecular formula is C15H13BrO3. The van der Waals surface area contributed by atoms with Crippen LogP contribution in [0, 0.1) is 6.92 Å². The molecule has 0 unspecified atom stereocenters. The van der Waals surface area contributed by atoms with Gasteiger partial charge in [-0.2, -0.15) is 0 Å². The Hall–Kier alpha value is -1.81. The summed E-state index contributed by atoms with van der Waals surface area (Å²) in [4.78, 5) is 11.3. The van der Waals surface area contributed by atoms with Crippen LogP contribution < -0.4 is 4.74 Å². The van der Waals surface area contributed by atoms with Gasteiger partial charge in [-0.3, -0.25) is 0 Å². The lowest BCUT2D eigenvalue weighted by atomic mass is 10.1. The van der Waals surface area contributed by atoms with E-state index >= 15 is 0 Å². The number of benzene rings is 2. The third-order valence-electron chi connectivity index (χ3n) is 2.72. The highest BCUT2D eigenvalue weighted by Gasteiger charge is 2.15. The minimum atomic E-state index is -0.979. The SMILES string of the molecule is Cc1cc(Br)cc(OCc2ccccc2)c1C(=O)O. The van der Waals surface area contributed by atoms with E-state index in [1.54, 1.807) is 19.1 Å². The van der Waals surface area contributed by atoms with E-state index in [0.29, 0.717) is 17.9 Å². The number of carboxylic acids is 1. The molecule has 0 aliphatic carbocycles. The molecule has 0 fully saturated rings. The van der Waals surface area contributed by atoms with Gasteiger partial charge in [0.1, 0.15) is 17.9 Å². The molecule has 4 heteroatoms. The van der Waals surface area contributed by atoms with Crippen LogP contribution in [0.5, 0.6) is 5.75 Å². The zero-order valence-electron chi connectivity index (χ0n) is 10.4. The van der Waals surface area contributed by atoms with Crippen molar-refractivity contribution in [3.63, 3.8) is 0 Å². The minimum Gasteiger partial charge on any atom is -0.488 e. The van der Waals surface area contributed by atoms with E-state index in [9.17, 15) is 9.90 Å². The van der Waals surface area contributed by atoms with Gasteiger partial charge in [-0.25, -0.2) is 4.79 Å². The van der Waals surface area contributed by atoms with Gasteiger partial charge in [0.05, 0.1) is 0 Å². The first kappa shape index (κ1) is 13.6. The lowest BCUT2D eigenvalue weighted by molar-refractivity contribution is 0.0691. The number of aromatic carboxylic acids is 1. The van der Waals surface area contributed by atoms with E-state index in [-0.39, 0.29) is 5.56 Å². The number of aryl methyl sites for hydroxylation is 1. The number of hydrogen-bond donors (Lipinski definition) is 1. The molecule has 0 saturated heterocycles. The predicted octanol–water partition coefficient (Wildman–Crippen LogP) is 4.03. The molecule has 0 aliphatic rings. The van der Waals surface area contributed by atoms with E-state index in [2.05, 4.69) is 15.9 Å². The minimum absolute atomic E-state index is 0.208. The fourth-order valence-corrected chi connectivity index (χ4v) is 2.39. The molecule has 1 N–H and O–H groups in total. The second kappa shape index (κ2) is 5.89. The number of rotatable bonds is 4. The Morgan fingerprint density at radius 3 is 2.58 bits per heavy atom. The topological polar surface area (TPSA) is 46.5 Å². The van der Waals surface area contributed by atoms with Crippen LogP contribution in [0.4, 0.5) is 0 Å². The van der Waals surface area contributed by atoms with Crippen molar-refractivity contribution in [1.29, 1.82) is 0 Å². The molecule has 0 amide bonds. The summed E-state index contributed by atoms with van der Waals surface area (Å²) < 4.78 is 6.44. The lowest BCUT2D eigenvalue weighted by Gasteiger charge is -2.12. The number of halogens is 1. The Bertz CT molecular complexity index is 594. The fourth-order valence-electron chi connectivity index (χ4n) is 1.84. The average molecular weight is 321 g/mol. The van der Waals surface area contributed by atoms with Crippen LogP contribution in [0.25, 0.3) is 0 Å².